The minimum atomic E-state index is -0.545. The maximum atomic E-state index is 6.36. The van der Waals surface area contributed by atoms with Gasteiger partial charge in [0.15, 0.2) is 0 Å². The summed E-state index contributed by atoms with van der Waals surface area (Å²) in [4.78, 5) is 0. The molecule has 346 valence electrons. The second kappa shape index (κ2) is 22.0. The minimum absolute atomic E-state index is 0. The average Bonchev–Trinajstić information content (AvgIpc) is 3.65. The highest BCUT2D eigenvalue weighted by atomic mass is 79.9. The lowest BCUT2D eigenvalue weighted by Crippen LogP contribution is -2.41. The molecule has 0 aromatic heterocycles. The van der Waals surface area contributed by atoms with Crippen LogP contribution in [0.25, 0.3) is 0 Å². The molecule has 3 aromatic carbocycles. The molecule has 3 aliphatic rings. The molecule has 3 fully saturated rings. The van der Waals surface area contributed by atoms with Crippen LogP contribution in [0.4, 0.5) is 0 Å². The molecule has 0 saturated carbocycles. The largest absolute Gasteiger partial charge is 0.497 e. The molecule has 0 radical (unpaired) electrons. The van der Waals surface area contributed by atoms with Crippen molar-refractivity contribution in [1.29, 1.82) is 0 Å². The van der Waals surface area contributed by atoms with Gasteiger partial charge in [-0.25, -0.2) is 0 Å². The van der Waals surface area contributed by atoms with Crippen molar-refractivity contribution < 1.29 is 56.3 Å². The number of halogens is 4. The number of ether oxygens (including phenoxy) is 6. The van der Waals surface area contributed by atoms with Crippen molar-refractivity contribution in [3.8, 4) is 34.5 Å². The van der Waals surface area contributed by atoms with Crippen LogP contribution in [-0.2, 0) is 27.9 Å². The Morgan fingerprint density at radius 2 is 0.726 bits per heavy atom. The highest BCUT2D eigenvalue weighted by Crippen LogP contribution is 2.43. The monoisotopic (exact) mass is 1030 g/mol. The molecule has 3 aromatic rings. The van der Waals surface area contributed by atoms with Crippen LogP contribution in [0.2, 0.25) is 10.0 Å². The van der Waals surface area contributed by atoms with E-state index in [1.807, 2.05) is 107 Å². The predicted octanol–water partition coefficient (Wildman–Crippen LogP) is 11.1. The van der Waals surface area contributed by atoms with Crippen LogP contribution in [0.15, 0.2) is 51.4 Å². The van der Waals surface area contributed by atoms with Crippen molar-refractivity contribution >= 4 is 81.7 Å². The molecule has 62 heavy (non-hydrogen) atoms. The first kappa shape index (κ1) is 56.1. The van der Waals surface area contributed by atoms with Crippen LogP contribution in [-0.4, -0.2) is 97.4 Å². The molecule has 0 bridgehead atoms. The van der Waals surface area contributed by atoms with Gasteiger partial charge in [-0.2, -0.15) is 0 Å². The standard InChI is InChI=1S/C14H20BClO4.C12H24B2O4.C8H8BrClO2.C8H9BrO2.CH4/c1-13(2)14(3,4)20-15(19-13)10-7-9(17-5)8-11(18-6)12(10)16;1-9(2)10(3,4)16-13(15-9)14-17-11(5,6)12(7,8)18-14;1-11-5-3-6(9)8(10)7(4-5)12-2;1-10-7-3-6(9)4-8(5-7)11-2;/h7-8H,1-6H3;1-8H3;3-4H,1-2H3;3-5H,1-2H3;1H4. The van der Waals surface area contributed by atoms with E-state index in [-0.39, 0.29) is 29.8 Å². The zero-order chi connectivity index (χ0) is 46.5. The lowest BCUT2D eigenvalue weighted by atomic mass is 9.49. The molecule has 12 nitrogen and oxygen atoms in total. The maximum Gasteiger partial charge on any atom is 0.496 e. The minimum Gasteiger partial charge on any atom is -0.497 e. The van der Waals surface area contributed by atoms with Crippen molar-refractivity contribution in [3.05, 3.63) is 61.5 Å². The molecule has 0 unspecified atom stereocenters. The molecule has 0 aliphatic carbocycles. The van der Waals surface area contributed by atoms with E-state index < -0.39 is 32.3 Å². The summed E-state index contributed by atoms with van der Waals surface area (Å²) < 4.78 is 68.2. The van der Waals surface area contributed by atoms with Crippen LogP contribution >= 0.6 is 55.1 Å². The van der Waals surface area contributed by atoms with Gasteiger partial charge in [0, 0.05) is 32.6 Å². The second-order valence-corrected chi connectivity index (χ2v) is 19.8. The third-order valence-electron chi connectivity index (χ3n) is 11.5. The van der Waals surface area contributed by atoms with Gasteiger partial charge in [-0.1, -0.05) is 46.6 Å². The Kier molecular flexibility index (Phi) is 19.9. The highest BCUT2D eigenvalue weighted by Gasteiger charge is 2.63. The van der Waals surface area contributed by atoms with E-state index >= 15 is 0 Å². The average molecular weight is 1040 g/mol. The quantitative estimate of drug-likeness (QED) is 0.200. The Bertz CT molecular complexity index is 1850. The summed E-state index contributed by atoms with van der Waals surface area (Å²) in [5, 5.41) is 1.03. The fourth-order valence-electron chi connectivity index (χ4n) is 5.58. The van der Waals surface area contributed by atoms with Crippen molar-refractivity contribution in [1.82, 2.24) is 0 Å². The first-order valence-corrected chi connectivity index (χ1v) is 21.8. The van der Waals surface area contributed by atoms with Crippen molar-refractivity contribution in [2.24, 2.45) is 0 Å². The van der Waals surface area contributed by atoms with Crippen LogP contribution < -0.4 is 33.9 Å². The summed E-state index contributed by atoms with van der Waals surface area (Å²) in [5.41, 5.74) is -1.57. The molecule has 3 saturated heterocycles. The van der Waals surface area contributed by atoms with E-state index in [2.05, 4.69) is 31.9 Å². The van der Waals surface area contributed by atoms with Gasteiger partial charge >= 0.3 is 21.1 Å². The fraction of sp³-hybridized carbons (Fsp3) is 0.581. The van der Waals surface area contributed by atoms with Crippen LogP contribution in [0, 0.1) is 0 Å². The van der Waals surface area contributed by atoms with E-state index in [1.54, 1.807) is 60.9 Å². The Morgan fingerprint density at radius 1 is 0.419 bits per heavy atom. The van der Waals surface area contributed by atoms with Gasteiger partial charge in [-0.3, -0.25) is 0 Å². The van der Waals surface area contributed by atoms with Crippen LogP contribution in [0.3, 0.4) is 0 Å². The van der Waals surface area contributed by atoms with Crippen molar-refractivity contribution in [2.75, 3.05) is 42.7 Å². The molecule has 0 N–H and O–H groups in total. The number of hydrogen-bond donors (Lipinski definition) is 0. The topological polar surface area (TPSA) is 111 Å². The van der Waals surface area contributed by atoms with Gasteiger partial charge in [0.2, 0.25) is 0 Å². The van der Waals surface area contributed by atoms with E-state index in [1.165, 1.54) is 0 Å². The van der Waals surface area contributed by atoms with E-state index in [0.717, 1.165) is 20.4 Å². The molecule has 0 spiro atoms. The number of hydrogen-bond acceptors (Lipinski definition) is 12. The first-order valence-electron chi connectivity index (χ1n) is 19.5. The van der Waals surface area contributed by atoms with Gasteiger partial charge in [-0.05, 0) is 123 Å². The molecule has 0 amide bonds. The molecule has 19 heteroatoms. The van der Waals surface area contributed by atoms with Crippen LogP contribution in [0.1, 0.15) is 90.5 Å². The smallest absolute Gasteiger partial charge is 0.496 e. The summed E-state index contributed by atoms with van der Waals surface area (Å²) >= 11 is 18.9. The van der Waals surface area contributed by atoms with Crippen LogP contribution in [0.5, 0.6) is 34.5 Å². The third kappa shape index (κ3) is 13.3. The maximum absolute atomic E-state index is 6.36. The first-order chi connectivity index (χ1) is 28.0. The van der Waals surface area contributed by atoms with Gasteiger partial charge in [-0.15, -0.1) is 0 Å². The summed E-state index contributed by atoms with van der Waals surface area (Å²) in [6.45, 7) is 24.2. The SMILES string of the molecule is C.CC1(C)OB(B2OC(C)(C)C(C)(C)O2)OC1(C)C.COc1cc(Br)c(Cl)c(OC)c1.COc1cc(Br)cc(OC)c1.COc1cc(OC)c(Cl)c(B2OC(C)(C)C(C)(C)O2)c1. The van der Waals surface area contributed by atoms with E-state index in [9.17, 15) is 0 Å². The fourth-order valence-corrected chi connectivity index (χ4v) is 6.91. The zero-order valence-electron chi connectivity index (χ0n) is 38.7. The predicted molar refractivity (Wildman–Crippen MR) is 259 cm³/mol. The third-order valence-corrected chi connectivity index (χ3v) is 13.6. The molecule has 6 rings (SSSR count). The highest BCUT2D eigenvalue weighted by molar-refractivity contribution is 9.10. The summed E-state index contributed by atoms with van der Waals surface area (Å²) in [6.07, 6.45) is 0. The van der Waals surface area contributed by atoms with Gasteiger partial charge in [0.25, 0.3) is 0 Å². The Labute approximate surface area is 398 Å². The van der Waals surface area contributed by atoms with Gasteiger partial charge in [0.05, 0.1) is 86.3 Å². The summed E-state index contributed by atoms with van der Waals surface area (Å²) in [7, 11) is 8.07. The van der Waals surface area contributed by atoms with Gasteiger partial charge in [0.1, 0.15) is 34.5 Å². The molecular weight excluding hydrogens is 972 g/mol. The van der Waals surface area contributed by atoms with E-state index in [0.29, 0.717) is 38.5 Å². The Balaban J connectivity index is 0.000000291. The molecular formula is C43H65B3Br2Cl2O12. The van der Waals surface area contributed by atoms with E-state index in [4.69, 9.17) is 79.5 Å². The zero-order valence-corrected chi connectivity index (χ0v) is 43.4. The number of benzene rings is 3. The Hall–Kier alpha value is -2.05. The van der Waals surface area contributed by atoms with Crippen molar-refractivity contribution in [2.45, 2.75) is 124 Å². The second-order valence-electron chi connectivity index (χ2n) is 17.2. The lowest BCUT2D eigenvalue weighted by molar-refractivity contribution is 0.00578. The summed E-state index contributed by atoms with van der Waals surface area (Å²) in [5.74, 6) is 4.07. The number of methoxy groups -OCH3 is 6. The Morgan fingerprint density at radius 3 is 1.06 bits per heavy atom. The molecule has 3 heterocycles. The normalized spacial score (nSPS) is 19.3. The summed E-state index contributed by atoms with van der Waals surface area (Å²) in [6, 6.07) is 12.6. The van der Waals surface area contributed by atoms with Crippen molar-refractivity contribution in [3.63, 3.8) is 0 Å². The molecule has 3 aliphatic heterocycles. The number of rotatable bonds is 8. The van der Waals surface area contributed by atoms with Gasteiger partial charge < -0.3 is 56.3 Å². The molecule has 0 atom stereocenters. The lowest BCUT2D eigenvalue weighted by Gasteiger charge is -2.32.